The van der Waals surface area contributed by atoms with Crippen molar-refractivity contribution in [1.29, 1.82) is 5.26 Å². The Labute approximate surface area is 95.5 Å². The van der Waals surface area contributed by atoms with Gasteiger partial charge in [0.2, 0.25) is 5.79 Å². The Kier molecular flexibility index (Phi) is 2.13. The largest absolute Gasteiger partial charge is 0.430 e. The van der Waals surface area contributed by atoms with Crippen LogP contribution in [-0.2, 0) is 14.3 Å². The van der Waals surface area contributed by atoms with Gasteiger partial charge in [0.25, 0.3) is 0 Å². The fourth-order valence-electron chi connectivity index (χ4n) is 2.87. The number of fused-ring (bicyclic) bond motifs is 1. The number of nitriles is 1. The molecule has 0 radical (unpaired) electrons. The zero-order valence-corrected chi connectivity index (χ0v) is 10.2. The van der Waals surface area contributed by atoms with Gasteiger partial charge in [-0.05, 0) is 13.3 Å². The Bertz CT molecular complexity index is 384. The highest BCUT2D eigenvalue weighted by molar-refractivity contribution is 5.67. The Morgan fingerprint density at radius 2 is 2.12 bits per heavy atom. The van der Waals surface area contributed by atoms with Crippen LogP contribution in [0.3, 0.4) is 0 Å². The van der Waals surface area contributed by atoms with Gasteiger partial charge in [-0.2, -0.15) is 5.26 Å². The van der Waals surface area contributed by atoms with Gasteiger partial charge in [-0.3, -0.25) is 4.79 Å². The average Bonchev–Trinajstić information content (AvgIpc) is 2.72. The first-order chi connectivity index (χ1) is 7.29. The van der Waals surface area contributed by atoms with Crippen LogP contribution in [0.1, 0.15) is 40.5 Å². The van der Waals surface area contributed by atoms with Crippen LogP contribution in [0.2, 0.25) is 0 Å². The third-order valence-corrected chi connectivity index (χ3v) is 4.38. The molecule has 0 N–H and O–H groups in total. The molecule has 0 aromatic carbocycles. The van der Waals surface area contributed by atoms with Crippen molar-refractivity contribution < 1.29 is 14.3 Å². The Balaban J connectivity index is 2.29. The first kappa shape index (κ1) is 11.4. The van der Waals surface area contributed by atoms with Crippen molar-refractivity contribution in [3.63, 3.8) is 0 Å². The van der Waals surface area contributed by atoms with Gasteiger partial charge in [-0.25, -0.2) is 0 Å². The predicted molar refractivity (Wildman–Crippen MR) is 56.1 cm³/mol. The average molecular weight is 223 g/mol. The fraction of sp³-hybridized carbons (Fsp3) is 0.833. The molecule has 2 fully saturated rings. The lowest BCUT2D eigenvalue weighted by molar-refractivity contribution is -0.159. The second-order valence-electron chi connectivity index (χ2n) is 5.42. The zero-order valence-electron chi connectivity index (χ0n) is 10.2. The molecule has 1 heterocycles. The molecule has 4 nitrogen and oxygen atoms in total. The molecule has 88 valence electrons. The van der Waals surface area contributed by atoms with Crippen molar-refractivity contribution in [3.05, 3.63) is 0 Å². The molecule has 0 aromatic heterocycles. The van der Waals surface area contributed by atoms with Crippen LogP contribution in [-0.4, -0.2) is 17.4 Å². The highest BCUT2D eigenvalue weighted by Crippen LogP contribution is 2.67. The van der Waals surface area contributed by atoms with E-state index in [1.54, 1.807) is 0 Å². The van der Waals surface area contributed by atoms with E-state index in [1.807, 2.05) is 20.8 Å². The van der Waals surface area contributed by atoms with Crippen LogP contribution in [0.4, 0.5) is 0 Å². The molecule has 1 saturated carbocycles. The first-order valence-electron chi connectivity index (χ1n) is 5.58. The summed E-state index contributed by atoms with van der Waals surface area (Å²) in [5, 5.41) is 9.13. The van der Waals surface area contributed by atoms with Gasteiger partial charge in [0.05, 0.1) is 12.0 Å². The molecule has 3 atom stereocenters. The molecule has 1 saturated heterocycles. The molecule has 1 aliphatic heterocycles. The second kappa shape index (κ2) is 2.98. The lowest BCUT2D eigenvalue weighted by atomic mass is 9.62. The van der Waals surface area contributed by atoms with Gasteiger partial charge >= 0.3 is 5.97 Å². The van der Waals surface area contributed by atoms with E-state index in [2.05, 4.69) is 6.07 Å². The first-order valence-corrected chi connectivity index (χ1v) is 5.58. The molecule has 2 aliphatic rings. The van der Waals surface area contributed by atoms with Crippen LogP contribution in [0, 0.1) is 22.7 Å². The Hall–Kier alpha value is -1.08. The maximum absolute atomic E-state index is 11.1. The molecule has 2 rings (SSSR count). The molecular formula is C12H17NO3. The number of hydrogen-bond acceptors (Lipinski definition) is 4. The van der Waals surface area contributed by atoms with E-state index >= 15 is 0 Å². The van der Waals surface area contributed by atoms with Gasteiger partial charge in [-0.15, -0.1) is 0 Å². The van der Waals surface area contributed by atoms with Crippen molar-refractivity contribution in [2.75, 3.05) is 0 Å². The number of epoxide rings is 1. The van der Waals surface area contributed by atoms with E-state index in [-0.39, 0.29) is 17.3 Å². The van der Waals surface area contributed by atoms with E-state index < -0.39 is 11.4 Å². The maximum atomic E-state index is 11.1. The number of nitrogens with zero attached hydrogens (tertiary/aromatic N) is 1. The fourth-order valence-corrected chi connectivity index (χ4v) is 2.87. The van der Waals surface area contributed by atoms with Gasteiger partial charge < -0.3 is 9.47 Å². The smallest absolute Gasteiger partial charge is 0.305 e. The minimum absolute atomic E-state index is 0.0521. The summed E-state index contributed by atoms with van der Waals surface area (Å²) >= 11 is 0. The number of ether oxygens (including phenoxy) is 2. The second-order valence-corrected chi connectivity index (χ2v) is 5.42. The van der Waals surface area contributed by atoms with E-state index in [4.69, 9.17) is 14.7 Å². The maximum Gasteiger partial charge on any atom is 0.305 e. The Morgan fingerprint density at radius 3 is 2.62 bits per heavy atom. The van der Waals surface area contributed by atoms with Crippen molar-refractivity contribution in [3.8, 4) is 6.07 Å². The number of esters is 1. The summed E-state index contributed by atoms with van der Waals surface area (Å²) in [6, 6.07) is 2.33. The van der Waals surface area contributed by atoms with Crippen molar-refractivity contribution in [2.45, 2.75) is 51.9 Å². The molecule has 0 amide bonds. The predicted octanol–water partition coefficient (Wildman–Crippen LogP) is 1.99. The van der Waals surface area contributed by atoms with Crippen LogP contribution in [0.15, 0.2) is 0 Å². The minimum Gasteiger partial charge on any atom is -0.430 e. The summed E-state index contributed by atoms with van der Waals surface area (Å²) in [6.07, 6.45) is 1.33. The molecular weight excluding hydrogens is 206 g/mol. The number of rotatable bonds is 1. The SMILES string of the molecule is CC(=O)OC12CCC(C#N)C(C)(C)C1(C)O2. The minimum atomic E-state index is -0.782. The van der Waals surface area contributed by atoms with Crippen LogP contribution in [0.25, 0.3) is 0 Å². The topological polar surface area (TPSA) is 62.6 Å². The van der Waals surface area contributed by atoms with Crippen LogP contribution in [0.5, 0.6) is 0 Å². The standard InChI is InChI=1S/C12H17NO3/c1-8(14)15-12-6-5-9(7-13)10(2,3)11(12,4)16-12/h9H,5-6H2,1-4H3. The third kappa shape index (κ3) is 1.15. The van der Waals surface area contributed by atoms with Crippen LogP contribution >= 0.6 is 0 Å². The summed E-state index contributed by atoms with van der Waals surface area (Å²) in [5.41, 5.74) is -0.820. The van der Waals surface area contributed by atoms with Gasteiger partial charge in [0.1, 0.15) is 5.60 Å². The van der Waals surface area contributed by atoms with Gasteiger partial charge in [-0.1, -0.05) is 13.8 Å². The van der Waals surface area contributed by atoms with Crippen molar-refractivity contribution >= 4 is 5.97 Å². The number of carbonyl (C=O) groups is 1. The summed E-state index contributed by atoms with van der Waals surface area (Å²) < 4.78 is 11.0. The molecule has 0 bridgehead atoms. The highest BCUT2D eigenvalue weighted by atomic mass is 16.8. The van der Waals surface area contributed by atoms with Crippen LogP contribution < -0.4 is 0 Å². The molecule has 16 heavy (non-hydrogen) atoms. The van der Waals surface area contributed by atoms with E-state index in [1.165, 1.54) is 6.92 Å². The lowest BCUT2D eigenvalue weighted by Gasteiger charge is -2.39. The van der Waals surface area contributed by atoms with Crippen molar-refractivity contribution in [2.24, 2.45) is 11.3 Å². The van der Waals surface area contributed by atoms with E-state index in [0.717, 1.165) is 0 Å². The molecule has 0 spiro atoms. The molecule has 1 aliphatic carbocycles. The lowest BCUT2D eigenvalue weighted by Crippen LogP contribution is -2.48. The van der Waals surface area contributed by atoms with E-state index in [0.29, 0.717) is 12.8 Å². The van der Waals surface area contributed by atoms with Gasteiger partial charge in [0.15, 0.2) is 0 Å². The highest BCUT2D eigenvalue weighted by Gasteiger charge is 2.79. The molecule has 4 heteroatoms. The molecule has 3 unspecified atom stereocenters. The molecule has 0 aromatic rings. The van der Waals surface area contributed by atoms with Crippen molar-refractivity contribution in [1.82, 2.24) is 0 Å². The summed E-state index contributed by atoms with van der Waals surface area (Å²) in [4.78, 5) is 11.1. The number of hydrogen-bond donors (Lipinski definition) is 0. The summed E-state index contributed by atoms with van der Waals surface area (Å²) in [7, 11) is 0. The quantitative estimate of drug-likeness (QED) is 0.504. The normalized spacial score (nSPS) is 44.1. The van der Waals surface area contributed by atoms with Gasteiger partial charge in [0, 0.05) is 18.8 Å². The summed E-state index contributed by atoms with van der Waals surface area (Å²) in [5.74, 6) is -1.16. The summed E-state index contributed by atoms with van der Waals surface area (Å²) in [6.45, 7) is 7.33. The third-order valence-electron chi connectivity index (χ3n) is 4.38. The van der Waals surface area contributed by atoms with E-state index in [9.17, 15) is 4.79 Å². The number of carbonyl (C=O) groups excluding carboxylic acids is 1. The Morgan fingerprint density at radius 1 is 1.50 bits per heavy atom. The monoisotopic (exact) mass is 223 g/mol. The zero-order chi connectivity index (χ0) is 12.2.